The third kappa shape index (κ3) is 8.01. The van der Waals surface area contributed by atoms with Crippen LogP contribution < -0.4 is 5.32 Å². The van der Waals surface area contributed by atoms with Crippen LogP contribution in [0.5, 0.6) is 0 Å². The van der Waals surface area contributed by atoms with E-state index in [-0.39, 0.29) is 0 Å². The Hall–Kier alpha value is -6.56. The van der Waals surface area contributed by atoms with Crippen LogP contribution in [0, 0.1) is 18.8 Å². The fourth-order valence-electron chi connectivity index (χ4n) is 6.75. The first-order valence-electron chi connectivity index (χ1n) is 18.3. The van der Waals surface area contributed by atoms with E-state index in [1.165, 1.54) is 49.5 Å². The molecule has 0 saturated heterocycles. The number of fused-ring (bicyclic) bond motifs is 2. The lowest BCUT2D eigenvalue weighted by molar-refractivity contribution is 1.10. The third-order valence-electron chi connectivity index (χ3n) is 9.36. The van der Waals surface area contributed by atoms with Crippen molar-refractivity contribution in [2.45, 2.75) is 34.6 Å². The van der Waals surface area contributed by atoms with E-state index in [0.717, 1.165) is 33.9 Å². The summed E-state index contributed by atoms with van der Waals surface area (Å²) in [4.78, 5) is 0. The number of nitrogens with zero attached hydrogens (tertiary/aromatic N) is 1. The molecule has 1 aromatic heterocycles. The number of benzene rings is 6. The van der Waals surface area contributed by atoms with Crippen LogP contribution in [0.25, 0.3) is 55.7 Å². The standard InChI is InChI=1S/C49H40N2.C2H6/c1-5-7-15-41(47-22-14-17-39-16-9-10-21-46(39)47)33-35(3)37-25-29-42(30-26-37)50-43-31-27-38(28-32-43)40-18-13-19-44(34-40)51-48(23-8-6-2)36(4)45-20-11-12-24-49(45)51;1-2/h6,8-34,50H,2H2,1,3-4H3;1-2H3/b23-8-,35-33+,41-15+;. The first-order valence-corrected chi connectivity index (χ1v) is 18.3. The zero-order valence-electron chi connectivity index (χ0n) is 31.3. The van der Waals surface area contributed by atoms with E-state index in [1.807, 2.05) is 39.0 Å². The summed E-state index contributed by atoms with van der Waals surface area (Å²) in [6, 6.07) is 49.6. The number of nitrogens with one attached hydrogen (secondary N) is 1. The molecule has 0 bridgehead atoms. The van der Waals surface area contributed by atoms with Crippen molar-refractivity contribution in [3.63, 3.8) is 0 Å². The molecule has 260 valence electrons. The molecule has 1 heterocycles. The zero-order valence-corrected chi connectivity index (χ0v) is 31.3. The Morgan fingerprint density at radius 1 is 0.717 bits per heavy atom. The second-order valence-corrected chi connectivity index (χ2v) is 12.6. The van der Waals surface area contributed by atoms with Crippen molar-refractivity contribution in [3.8, 4) is 28.7 Å². The lowest BCUT2D eigenvalue weighted by atomic mass is 9.95. The number of hydrogen-bond donors (Lipinski definition) is 1. The highest BCUT2D eigenvalue weighted by Crippen LogP contribution is 2.33. The van der Waals surface area contributed by atoms with E-state index < -0.39 is 0 Å². The Kier molecular flexibility index (Phi) is 11.7. The molecule has 0 aliphatic carbocycles. The minimum atomic E-state index is 1.04. The van der Waals surface area contributed by atoms with Crippen LogP contribution in [0.1, 0.15) is 50.1 Å². The minimum absolute atomic E-state index is 1.04. The molecule has 0 amide bonds. The van der Waals surface area contributed by atoms with Gasteiger partial charge in [0.2, 0.25) is 0 Å². The molecule has 2 heteroatoms. The molecular weight excluding hydrogens is 641 g/mol. The molecule has 7 aromatic rings. The van der Waals surface area contributed by atoms with Gasteiger partial charge in [0.05, 0.1) is 5.52 Å². The molecule has 0 aliphatic heterocycles. The smallest absolute Gasteiger partial charge is 0.0537 e. The van der Waals surface area contributed by atoms with E-state index in [2.05, 4.69) is 194 Å². The van der Waals surface area contributed by atoms with E-state index >= 15 is 0 Å². The van der Waals surface area contributed by atoms with Gasteiger partial charge >= 0.3 is 0 Å². The molecule has 0 radical (unpaired) electrons. The van der Waals surface area contributed by atoms with Gasteiger partial charge in [0, 0.05) is 28.1 Å². The molecule has 1 N–H and O–H groups in total. The highest BCUT2D eigenvalue weighted by molar-refractivity contribution is 5.98. The Morgan fingerprint density at radius 2 is 1.38 bits per heavy atom. The van der Waals surface area contributed by atoms with Crippen LogP contribution in [0.3, 0.4) is 0 Å². The second kappa shape index (κ2) is 17.1. The van der Waals surface area contributed by atoms with Crippen LogP contribution >= 0.6 is 0 Å². The van der Waals surface area contributed by atoms with Gasteiger partial charge in [0.15, 0.2) is 0 Å². The summed E-state index contributed by atoms with van der Waals surface area (Å²) in [7, 11) is 0. The maximum Gasteiger partial charge on any atom is 0.0537 e. The Morgan fingerprint density at radius 3 is 2.11 bits per heavy atom. The Balaban J connectivity index is 0.00000236. The average Bonchev–Trinajstić information content (AvgIpc) is 3.50. The molecule has 7 rings (SSSR count). The van der Waals surface area contributed by atoms with E-state index in [1.54, 1.807) is 0 Å². The fraction of sp³-hybridized carbons (Fsp3) is 0.0980. The van der Waals surface area contributed by atoms with Crippen molar-refractivity contribution in [2.24, 2.45) is 0 Å². The minimum Gasteiger partial charge on any atom is -0.356 e. The summed E-state index contributed by atoms with van der Waals surface area (Å²) >= 11 is 0. The van der Waals surface area contributed by atoms with Crippen molar-refractivity contribution in [1.29, 1.82) is 0 Å². The van der Waals surface area contributed by atoms with Crippen molar-refractivity contribution in [3.05, 3.63) is 193 Å². The lowest BCUT2D eigenvalue weighted by Crippen LogP contribution is -1.97. The predicted molar refractivity (Wildman–Crippen MR) is 233 cm³/mol. The average molecular weight is 687 g/mol. The summed E-state index contributed by atoms with van der Waals surface area (Å²) in [5, 5.41) is 7.28. The van der Waals surface area contributed by atoms with Gasteiger partial charge in [-0.15, -0.1) is 5.92 Å². The molecule has 0 spiro atoms. The van der Waals surface area contributed by atoms with Crippen molar-refractivity contribution in [1.82, 2.24) is 4.57 Å². The van der Waals surface area contributed by atoms with Gasteiger partial charge < -0.3 is 9.88 Å². The summed E-state index contributed by atoms with van der Waals surface area (Å²) in [6.07, 6.45) is 10.2. The van der Waals surface area contributed by atoms with Crippen LogP contribution in [-0.2, 0) is 0 Å². The van der Waals surface area contributed by atoms with Gasteiger partial charge in [-0.05, 0) is 125 Å². The van der Waals surface area contributed by atoms with E-state index in [4.69, 9.17) is 0 Å². The number of aryl methyl sites for hydroxylation is 1. The first-order chi connectivity index (χ1) is 26.0. The first kappa shape index (κ1) is 36.2. The van der Waals surface area contributed by atoms with Gasteiger partial charge in [0.1, 0.15) is 0 Å². The summed E-state index contributed by atoms with van der Waals surface area (Å²) in [5.74, 6) is 6.20. The molecule has 0 unspecified atom stereocenters. The lowest BCUT2D eigenvalue weighted by Gasteiger charge is -2.13. The van der Waals surface area contributed by atoms with Gasteiger partial charge in [-0.25, -0.2) is 0 Å². The monoisotopic (exact) mass is 686 g/mol. The number of allylic oxidation sites excluding steroid dienone is 6. The molecule has 0 aliphatic rings. The summed E-state index contributed by atoms with van der Waals surface area (Å²) in [6.45, 7) is 14.1. The van der Waals surface area contributed by atoms with Crippen LogP contribution in [-0.4, -0.2) is 4.57 Å². The molecular formula is C51H46N2. The van der Waals surface area contributed by atoms with Crippen LogP contribution in [0.4, 0.5) is 11.4 Å². The number of aromatic nitrogens is 1. The van der Waals surface area contributed by atoms with Crippen molar-refractivity contribution < 1.29 is 0 Å². The van der Waals surface area contributed by atoms with Crippen LogP contribution in [0.15, 0.2) is 170 Å². The molecule has 53 heavy (non-hydrogen) atoms. The predicted octanol–water partition coefficient (Wildman–Crippen LogP) is 14.2. The molecule has 0 saturated carbocycles. The third-order valence-corrected chi connectivity index (χ3v) is 9.36. The fourth-order valence-corrected chi connectivity index (χ4v) is 6.75. The maximum atomic E-state index is 3.89. The zero-order chi connectivity index (χ0) is 37.2. The SMILES string of the molecule is C=C/C=C\c1c(C)c2ccccc2n1-c1cccc(-c2ccc(Nc3ccc(/C(C)=C/C(=C\C#CC)c4cccc5ccccc45)cc3)cc2)c1.CC. The van der Waals surface area contributed by atoms with Gasteiger partial charge in [-0.3, -0.25) is 0 Å². The number of hydrogen-bond acceptors (Lipinski definition) is 1. The van der Waals surface area contributed by atoms with E-state index in [9.17, 15) is 0 Å². The quantitative estimate of drug-likeness (QED) is 0.118. The summed E-state index contributed by atoms with van der Waals surface area (Å²) < 4.78 is 2.34. The number of para-hydroxylation sites is 1. The highest BCUT2D eigenvalue weighted by atomic mass is 15.0. The van der Waals surface area contributed by atoms with Crippen LogP contribution in [0.2, 0.25) is 0 Å². The molecule has 2 nitrogen and oxygen atoms in total. The summed E-state index contributed by atoms with van der Waals surface area (Å²) in [5.41, 5.74) is 13.8. The molecule has 6 aromatic carbocycles. The Bertz CT molecular complexity index is 2520. The van der Waals surface area contributed by atoms with E-state index in [0.29, 0.717) is 0 Å². The Labute approximate surface area is 315 Å². The largest absolute Gasteiger partial charge is 0.356 e. The molecule has 0 fully saturated rings. The van der Waals surface area contributed by atoms with Gasteiger partial charge in [-0.1, -0.05) is 142 Å². The van der Waals surface area contributed by atoms with Gasteiger partial charge in [-0.2, -0.15) is 0 Å². The highest BCUT2D eigenvalue weighted by Gasteiger charge is 2.14. The number of anilines is 2. The topological polar surface area (TPSA) is 17.0 Å². The van der Waals surface area contributed by atoms with Gasteiger partial charge in [0.25, 0.3) is 0 Å². The van der Waals surface area contributed by atoms with Crippen molar-refractivity contribution >= 4 is 50.3 Å². The molecule has 0 atom stereocenters. The van der Waals surface area contributed by atoms with Crippen molar-refractivity contribution in [2.75, 3.05) is 5.32 Å². The number of rotatable bonds is 9. The normalized spacial score (nSPS) is 11.6. The maximum absolute atomic E-state index is 3.89. The second-order valence-electron chi connectivity index (χ2n) is 12.6.